The minimum atomic E-state index is -5.08. The number of carbonyl (C=O) groups excluding carboxylic acids is 1. The van der Waals surface area contributed by atoms with Crippen LogP contribution in [0.25, 0.3) is 0 Å². The maximum atomic E-state index is 13.2. The first-order chi connectivity index (χ1) is 17.3. The number of hydrogen-bond donors (Lipinski definition) is 2. The second-order valence-electron chi connectivity index (χ2n) is 9.49. The molecule has 0 aromatic carbocycles. The van der Waals surface area contributed by atoms with E-state index in [4.69, 9.17) is 24.2 Å². The highest BCUT2D eigenvalue weighted by molar-refractivity contribution is 5.87. The number of carboxylic acids is 2. The van der Waals surface area contributed by atoms with Crippen LogP contribution in [0.2, 0.25) is 0 Å². The van der Waals surface area contributed by atoms with E-state index in [0.717, 1.165) is 63.6 Å². The summed E-state index contributed by atoms with van der Waals surface area (Å²) in [5.41, 5.74) is -0.289. The SMILES string of the molecule is Cc1ccc(CN2CCC3(CC2)C(=O)N(CC(C)C)CCN3C)o1.O=C(O)C(F)(F)F.O=C(O)C(F)(F)F. The topological polar surface area (TPSA) is 115 Å². The lowest BCUT2D eigenvalue weighted by Gasteiger charge is -2.51. The van der Waals surface area contributed by atoms with Crippen LogP contribution < -0.4 is 0 Å². The van der Waals surface area contributed by atoms with E-state index in [1.165, 1.54) is 0 Å². The minimum absolute atomic E-state index is 0.289. The smallest absolute Gasteiger partial charge is 0.475 e. The lowest BCUT2D eigenvalue weighted by atomic mass is 9.82. The molecule has 218 valence electrons. The molecule has 3 rings (SSSR count). The molecule has 38 heavy (non-hydrogen) atoms. The Labute approximate surface area is 216 Å². The molecule has 0 aliphatic carbocycles. The standard InChI is InChI=1S/C19H31N3O2.2C2HF3O2/c1-15(2)13-22-12-11-20(4)19(18(22)23)7-9-21(10-8-19)14-17-6-5-16(3)24-17;2*3-2(4,5)1(6)7/h5-6,15H,7-14H2,1-4H3;2*(H,6,7). The molecule has 0 bridgehead atoms. The first kappa shape index (κ1) is 33.2. The number of alkyl halides is 6. The van der Waals surface area contributed by atoms with E-state index < -0.39 is 24.3 Å². The molecule has 3 heterocycles. The quantitative estimate of drug-likeness (QED) is 0.536. The molecule has 0 atom stereocenters. The zero-order chi connectivity index (χ0) is 29.5. The predicted octanol–water partition coefficient (Wildman–Crippen LogP) is 3.62. The number of carboxylic acid groups (broad SMARTS) is 2. The van der Waals surface area contributed by atoms with Gasteiger partial charge >= 0.3 is 24.3 Å². The molecule has 1 aromatic rings. The van der Waals surface area contributed by atoms with Crippen LogP contribution in [0.15, 0.2) is 16.5 Å². The second kappa shape index (κ2) is 13.3. The van der Waals surface area contributed by atoms with Gasteiger partial charge in [0.2, 0.25) is 5.91 Å². The van der Waals surface area contributed by atoms with Gasteiger partial charge in [-0.2, -0.15) is 26.3 Å². The maximum Gasteiger partial charge on any atom is 0.490 e. The van der Waals surface area contributed by atoms with E-state index in [0.29, 0.717) is 11.8 Å². The summed E-state index contributed by atoms with van der Waals surface area (Å²) in [6.45, 7) is 11.8. The number of piperazine rings is 1. The molecule has 0 saturated carbocycles. The van der Waals surface area contributed by atoms with E-state index in [2.05, 4.69) is 41.7 Å². The van der Waals surface area contributed by atoms with Crippen LogP contribution in [-0.4, -0.2) is 100 Å². The van der Waals surface area contributed by atoms with Crippen molar-refractivity contribution in [3.8, 4) is 0 Å². The van der Waals surface area contributed by atoms with Crippen LogP contribution >= 0.6 is 0 Å². The van der Waals surface area contributed by atoms with Crippen molar-refractivity contribution in [2.75, 3.05) is 39.8 Å². The van der Waals surface area contributed by atoms with Gasteiger partial charge in [0, 0.05) is 32.7 Å². The van der Waals surface area contributed by atoms with Crippen LogP contribution in [0, 0.1) is 12.8 Å². The number of aryl methyl sites for hydroxylation is 1. The number of likely N-dealkylation sites (tertiary alicyclic amines) is 1. The Balaban J connectivity index is 0.000000426. The van der Waals surface area contributed by atoms with E-state index in [9.17, 15) is 31.1 Å². The molecule has 2 aliphatic rings. The number of hydrogen-bond acceptors (Lipinski definition) is 6. The zero-order valence-corrected chi connectivity index (χ0v) is 21.5. The van der Waals surface area contributed by atoms with Crippen LogP contribution in [0.5, 0.6) is 0 Å². The largest absolute Gasteiger partial charge is 0.490 e. The van der Waals surface area contributed by atoms with Crippen molar-refractivity contribution in [2.45, 2.75) is 58.0 Å². The summed E-state index contributed by atoms with van der Waals surface area (Å²) in [4.78, 5) is 37.8. The van der Waals surface area contributed by atoms with Crippen molar-refractivity contribution in [1.82, 2.24) is 14.7 Å². The highest BCUT2D eigenvalue weighted by Gasteiger charge is 2.49. The average molecular weight is 562 g/mol. The van der Waals surface area contributed by atoms with Crippen molar-refractivity contribution in [2.24, 2.45) is 5.92 Å². The molecular formula is C23H33F6N3O6. The van der Waals surface area contributed by atoms with E-state index >= 15 is 0 Å². The van der Waals surface area contributed by atoms with Crippen molar-refractivity contribution in [1.29, 1.82) is 0 Å². The number of carbonyl (C=O) groups is 3. The summed E-state index contributed by atoms with van der Waals surface area (Å²) in [7, 11) is 2.12. The summed E-state index contributed by atoms with van der Waals surface area (Å²) >= 11 is 0. The van der Waals surface area contributed by atoms with Gasteiger partial charge in [-0.25, -0.2) is 9.59 Å². The Kier molecular flexibility index (Phi) is 11.6. The molecule has 0 unspecified atom stereocenters. The first-order valence-electron chi connectivity index (χ1n) is 11.7. The number of amides is 1. The van der Waals surface area contributed by atoms with Gasteiger partial charge in [0.1, 0.15) is 17.1 Å². The highest BCUT2D eigenvalue weighted by atomic mass is 19.4. The van der Waals surface area contributed by atoms with E-state index in [1.807, 2.05) is 13.0 Å². The number of rotatable bonds is 4. The van der Waals surface area contributed by atoms with Gasteiger partial charge in [0.25, 0.3) is 0 Å². The molecule has 1 spiro atoms. The van der Waals surface area contributed by atoms with Gasteiger partial charge in [0.15, 0.2) is 0 Å². The molecule has 1 aromatic heterocycles. The van der Waals surface area contributed by atoms with Crippen molar-refractivity contribution in [3.63, 3.8) is 0 Å². The van der Waals surface area contributed by atoms with E-state index in [-0.39, 0.29) is 5.54 Å². The summed E-state index contributed by atoms with van der Waals surface area (Å²) in [5, 5.41) is 14.2. The Morgan fingerprint density at radius 1 is 0.974 bits per heavy atom. The maximum absolute atomic E-state index is 13.2. The van der Waals surface area contributed by atoms with Gasteiger partial charge in [-0.1, -0.05) is 13.8 Å². The Morgan fingerprint density at radius 2 is 1.45 bits per heavy atom. The summed E-state index contributed by atoms with van der Waals surface area (Å²) in [6, 6.07) is 4.07. The predicted molar refractivity (Wildman–Crippen MR) is 122 cm³/mol. The Morgan fingerprint density at radius 3 is 1.82 bits per heavy atom. The number of nitrogens with zero attached hydrogens (tertiary/aromatic N) is 3. The van der Waals surface area contributed by atoms with Crippen molar-refractivity contribution < 1.29 is 55.4 Å². The number of piperidine rings is 1. The fourth-order valence-corrected chi connectivity index (χ4v) is 4.13. The normalized spacial score (nSPS) is 18.5. The highest BCUT2D eigenvalue weighted by Crippen LogP contribution is 2.33. The van der Waals surface area contributed by atoms with E-state index in [1.54, 1.807) is 0 Å². The third-order valence-corrected chi connectivity index (χ3v) is 6.05. The first-order valence-corrected chi connectivity index (χ1v) is 11.7. The summed E-state index contributed by atoms with van der Waals surface area (Å²) in [5.74, 6) is -2.66. The zero-order valence-electron chi connectivity index (χ0n) is 21.5. The number of halogens is 6. The second-order valence-corrected chi connectivity index (χ2v) is 9.49. The third-order valence-electron chi connectivity index (χ3n) is 6.05. The summed E-state index contributed by atoms with van der Waals surface area (Å²) in [6.07, 6.45) is -8.34. The van der Waals surface area contributed by atoms with Crippen LogP contribution in [-0.2, 0) is 20.9 Å². The van der Waals surface area contributed by atoms with Gasteiger partial charge in [-0.05, 0) is 44.9 Å². The lowest BCUT2D eigenvalue weighted by Crippen LogP contribution is -2.67. The Hall–Kier alpha value is -2.81. The number of furan rings is 1. The van der Waals surface area contributed by atoms with Crippen LogP contribution in [0.1, 0.15) is 38.2 Å². The van der Waals surface area contributed by atoms with Gasteiger partial charge in [-0.15, -0.1) is 0 Å². The molecule has 2 fully saturated rings. The van der Waals surface area contributed by atoms with Crippen LogP contribution in [0.4, 0.5) is 26.3 Å². The third kappa shape index (κ3) is 9.82. The molecule has 2 N–H and O–H groups in total. The van der Waals surface area contributed by atoms with Gasteiger partial charge < -0.3 is 19.5 Å². The lowest BCUT2D eigenvalue weighted by molar-refractivity contribution is -0.193. The molecule has 9 nitrogen and oxygen atoms in total. The minimum Gasteiger partial charge on any atom is -0.475 e. The molecule has 0 radical (unpaired) electrons. The van der Waals surface area contributed by atoms with Gasteiger partial charge in [-0.3, -0.25) is 14.6 Å². The Bertz CT molecular complexity index is 915. The number of aliphatic carboxylic acids is 2. The fraction of sp³-hybridized carbons (Fsp3) is 0.696. The van der Waals surface area contributed by atoms with Crippen molar-refractivity contribution >= 4 is 17.8 Å². The van der Waals surface area contributed by atoms with Crippen molar-refractivity contribution in [3.05, 3.63) is 23.7 Å². The van der Waals surface area contributed by atoms with Gasteiger partial charge in [0.05, 0.1) is 6.54 Å². The monoisotopic (exact) mass is 561 g/mol. The molecule has 1 amide bonds. The van der Waals surface area contributed by atoms with Crippen LogP contribution in [0.3, 0.4) is 0 Å². The number of likely N-dealkylation sites (N-methyl/N-ethyl adjacent to an activating group) is 1. The average Bonchev–Trinajstić information content (AvgIpc) is 3.19. The fourth-order valence-electron chi connectivity index (χ4n) is 4.13. The molecule has 2 aliphatic heterocycles. The molecule has 15 heteroatoms. The summed E-state index contributed by atoms with van der Waals surface area (Å²) < 4.78 is 69.2. The molecule has 2 saturated heterocycles. The molecular weight excluding hydrogens is 528 g/mol.